The van der Waals surface area contributed by atoms with Crippen LogP contribution in [0, 0.1) is 17.3 Å². The molecule has 0 aromatic heterocycles. The molecule has 0 radical (unpaired) electrons. The summed E-state index contributed by atoms with van der Waals surface area (Å²) in [5.41, 5.74) is -1.44. The van der Waals surface area contributed by atoms with E-state index in [9.17, 15) is 18.4 Å². The maximum atomic E-state index is 14.7. The van der Waals surface area contributed by atoms with Crippen LogP contribution in [0.3, 0.4) is 0 Å². The van der Waals surface area contributed by atoms with E-state index < -0.39 is 53.3 Å². The number of benzene rings is 2. The second-order valence-electron chi connectivity index (χ2n) is 10.3. The lowest BCUT2D eigenvalue weighted by molar-refractivity contribution is -0.142. The molecule has 2 amide bonds. The number of anilines is 2. The SMILES string of the molecule is CCC12C(=O)N(c3cc(Cl)cc(Cl)c3)C(=O)C1C1CC(C(F)F)CN1C21c2cc(Cl)cc(Cl)c2NC1OC. The lowest BCUT2D eigenvalue weighted by Gasteiger charge is -2.48. The fourth-order valence-corrected chi connectivity index (χ4v) is 8.76. The van der Waals surface area contributed by atoms with Gasteiger partial charge in [0.25, 0.3) is 0 Å². The first-order valence-corrected chi connectivity index (χ1v) is 13.7. The van der Waals surface area contributed by atoms with Crippen molar-refractivity contribution >= 4 is 69.6 Å². The molecule has 4 heterocycles. The third-order valence-corrected chi connectivity index (χ3v) is 9.82. The molecule has 0 bridgehead atoms. The second-order valence-corrected chi connectivity index (χ2v) is 12.0. The number of hydrogen-bond donors (Lipinski definition) is 1. The van der Waals surface area contributed by atoms with Crippen molar-refractivity contribution in [2.75, 3.05) is 23.9 Å². The molecule has 2 aromatic carbocycles. The van der Waals surface area contributed by atoms with E-state index in [4.69, 9.17) is 51.1 Å². The number of ether oxygens (including phenoxy) is 1. The van der Waals surface area contributed by atoms with Gasteiger partial charge in [-0.3, -0.25) is 14.5 Å². The van der Waals surface area contributed by atoms with Crippen molar-refractivity contribution in [3.8, 4) is 0 Å². The Labute approximate surface area is 238 Å². The van der Waals surface area contributed by atoms with Gasteiger partial charge in [-0.15, -0.1) is 0 Å². The predicted octanol–water partition coefficient (Wildman–Crippen LogP) is 6.45. The predicted molar refractivity (Wildman–Crippen MR) is 142 cm³/mol. The minimum absolute atomic E-state index is 0.0186. The molecule has 1 spiro atoms. The number of rotatable bonds is 4. The smallest absolute Gasteiger partial charge is 0.243 e. The highest BCUT2D eigenvalue weighted by atomic mass is 35.5. The van der Waals surface area contributed by atoms with Gasteiger partial charge < -0.3 is 10.1 Å². The quantitative estimate of drug-likeness (QED) is 0.407. The van der Waals surface area contributed by atoms with Gasteiger partial charge in [0.1, 0.15) is 5.54 Å². The highest BCUT2D eigenvalue weighted by molar-refractivity contribution is 6.37. The maximum absolute atomic E-state index is 14.7. The first-order valence-electron chi connectivity index (χ1n) is 12.2. The molecule has 38 heavy (non-hydrogen) atoms. The van der Waals surface area contributed by atoms with E-state index in [0.29, 0.717) is 21.3 Å². The number of methoxy groups -OCH3 is 1. The van der Waals surface area contributed by atoms with Crippen LogP contribution in [-0.2, 0) is 19.9 Å². The van der Waals surface area contributed by atoms with Gasteiger partial charge in [-0.25, -0.2) is 13.7 Å². The van der Waals surface area contributed by atoms with E-state index in [1.54, 1.807) is 12.1 Å². The monoisotopic (exact) mass is 603 g/mol. The summed E-state index contributed by atoms with van der Waals surface area (Å²) in [6.45, 7) is 1.81. The molecule has 0 saturated carbocycles. The average molecular weight is 605 g/mol. The number of carbonyl (C=O) groups excluding carboxylic acids is 2. The molecule has 4 aliphatic rings. The Bertz CT molecular complexity index is 1360. The zero-order valence-electron chi connectivity index (χ0n) is 20.3. The molecule has 0 aliphatic carbocycles. The van der Waals surface area contributed by atoms with Crippen LogP contribution >= 0.6 is 46.4 Å². The molecule has 12 heteroatoms. The van der Waals surface area contributed by atoms with Crippen LogP contribution in [0.4, 0.5) is 20.2 Å². The van der Waals surface area contributed by atoms with Gasteiger partial charge in [0.15, 0.2) is 6.23 Å². The number of fused-ring (bicyclic) bond motifs is 7. The van der Waals surface area contributed by atoms with Gasteiger partial charge in [-0.05, 0) is 43.2 Å². The summed E-state index contributed by atoms with van der Waals surface area (Å²) < 4.78 is 34.2. The van der Waals surface area contributed by atoms with Crippen molar-refractivity contribution in [3.63, 3.8) is 0 Å². The van der Waals surface area contributed by atoms with Crippen LogP contribution in [0.15, 0.2) is 30.3 Å². The summed E-state index contributed by atoms with van der Waals surface area (Å²) >= 11 is 25.6. The molecule has 6 nitrogen and oxygen atoms in total. The Morgan fingerprint density at radius 2 is 1.74 bits per heavy atom. The number of alkyl halides is 2. The van der Waals surface area contributed by atoms with E-state index in [-0.39, 0.29) is 35.1 Å². The van der Waals surface area contributed by atoms with Crippen LogP contribution in [0.1, 0.15) is 25.3 Å². The largest absolute Gasteiger partial charge is 0.359 e. The van der Waals surface area contributed by atoms with Gasteiger partial charge in [0, 0.05) is 46.2 Å². The van der Waals surface area contributed by atoms with Gasteiger partial charge in [-0.1, -0.05) is 53.3 Å². The zero-order chi connectivity index (χ0) is 27.3. The number of nitrogens with one attached hydrogen (secondary N) is 1. The maximum Gasteiger partial charge on any atom is 0.243 e. The van der Waals surface area contributed by atoms with Crippen LogP contribution in [-0.4, -0.2) is 49.1 Å². The van der Waals surface area contributed by atoms with Crippen molar-refractivity contribution in [3.05, 3.63) is 56.0 Å². The third kappa shape index (κ3) is 3.13. The molecule has 2 aromatic rings. The molecule has 1 N–H and O–H groups in total. The van der Waals surface area contributed by atoms with E-state index in [1.165, 1.54) is 25.3 Å². The van der Waals surface area contributed by atoms with Gasteiger partial charge in [0.05, 0.1) is 27.7 Å². The highest BCUT2D eigenvalue weighted by Crippen LogP contribution is 2.71. The minimum Gasteiger partial charge on any atom is -0.359 e. The first kappa shape index (κ1) is 26.5. The number of carbonyl (C=O) groups is 2. The lowest BCUT2D eigenvalue weighted by Crippen LogP contribution is -2.62. The van der Waals surface area contributed by atoms with Gasteiger partial charge in [-0.2, -0.15) is 0 Å². The van der Waals surface area contributed by atoms with Crippen LogP contribution in [0.25, 0.3) is 0 Å². The molecule has 202 valence electrons. The number of amides is 2. The van der Waals surface area contributed by atoms with Crippen molar-refractivity contribution in [2.24, 2.45) is 17.3 Å². The highest BCUT2D eigenvalue weighted by Gasteiger charge is 2.82. The van der Waals surface area contributed by atoms with E-state index in [2.05, 4.69) is 5.32 Å². The van der Waals surface area contributed by atoms with Crippen molar-refractivity contribution < 1.29 is 23.1 Å². The van der Waals surface area contributed by atoms with E-state index in [1.807, 2.05) is 11.8 Å². The zero-order valence-corrected chi connectivity index (χ0v) is 23.3. The van der Waals surface area contributed by atoms with Gasteiger partial charge in [0.2, 0.25) is 18.2 Å². The molecule has 3 fully saturated rings. The number of hydrogen-bond acceptors (Lipinski definition) is 5. The summed E-state index contributed by atoms with van der Waals surface area (Å²) in [6, 6.07) is 7.11. The number of halogens is 6. The third-order valence-electron chi connectivity index (χ3n) is 8.87. The Balaban J connectivity index is 1.66. The molecule has 6 atom stereocenters. The Hall–Kier alpha value is -1.68. The standard InChI is InChI=1S/C26H23Cl4F2N3O3/c1-3-25-19(22(36)35(24(25)37)15-6-12(27)5-13(28)7-15)18-4-11(21(31)32)10-34(18)26(25)16-8-14(29)9-17(30)20(16)33-23(26)38-2/h5-9,11,18-19,21,23,33H,3-4,10H2,1-2H3. The molecule has 3 saturated heterocycles. The fourth-order valence-electron chi connectivity index (χ4n) is 7.70. The normalized spacial score (nSPS) is 33.9. The summed E-state index contributed by atoms with van der Waals surface area (Å²) in [6.07, 6.45) is -3.20. The lowest BCUT2D eigenvalue weighted by atomic mass is 9.60. The average Bonchev–Trinajstić information content (AvgIpc) is 3.52. The molecular weight excluding hydrogens is 582 g/mol. The van der Waals surface area contributed by atoms with Crippen LogP contribution < -0.4 is 10.2 Å². The van der Waals surface area contributed by atoms with E-state index >= 15 is 0 Å². The van der Waals surface area contributed by atoms with Crippen molar-refractivity contribution in [1.82, 2.24) is 4.90 Å². The minimum atomic E-state index is -2.60. The van der Waals surface area contributed by atoms with Crippen molar-refractivity contribution in [1.29, 1.82) is 0 Å². The second kappa shape index (κ2) is 8.91. The number of imide groups is 1. The molecule has 6 rings (SSSR count). The van der Waals surface area contributed by atoms with Crippen LogP contribution in [0.5, 0.6) is 0 Å². The fraction of sp³-hybridized carbons (Fsp3) is 0.462. The Morgan fingerprint density at radius 3 is 2.34 bits per heavy atom. The van der Waals surface area contributed by atoms with E-state index in [0.717, 1.165) is 4.90 Å². The van der Waals surface area contributed by atoms with Crippen molar-refractivity contribution in [2.45, 2.75) is 44.0 Å². The topological polar surface area (TPSA) is 61.9 Å². The summed E-state index contributed by atoms with van der Waals surface area (Å²) in [4.78, 5) is 32.0. The Kier molecular flexibility index (Phi) is 6.22. The van der Waals surface area contributed by atoms with Gasteiger partial charge >= 0.3 is 0 Å². The molecular formula is C26H23Cl4F2N3O3. The summed E-state index contributed by atoms with van der Waals surface area (Å²) in [5.74, 6) is -2.86. The summed E-state index contributed by atoms with van der Waals surface area (Å²) in [5, 5.41) is 4.42. The van der Waals surface area contributed by atoms with Crippen LogP contribution in [0.2, 0.25) is 20.1 Å². The first-order chi connectivity index (χ1) is 18.0. The summed E-state index contributed by atoms with van der Waals surface area (Å²) in [7, 11) is 1.48. The number of nitrogens with zero attached hydrogens (tertiary/aromatic N) is 2. The molecule has 4 aliphatic heterocycles. The Morgan fingerprint density at radius 1 is 1.08 bits per heavy atom. The molecule has 6 unspecified atom stereocenters.